The molecule has 0 bridgehead atoms. The van der Waals surface area contributed by atoms with Gasteiger partial charge in [0.2, 0.25) is 5.91 Å². The number of benzene rings is 1. The number of carbonyl (C=O) groups excluding carboxylic acids is 1. The predicted molar refractivity (Wildman–Crippen MR) is 87.3 cm³/mol. The van der Waals surface area contributed by atoms with Crippen LogP contribution in [0.5, 0.6) is 0 Å². The molecule has 2 rings (SSSR count). The Labute approximate surface area is 128 Å². The van der Waals surface area contributed by atoms with Crippen molar-refractivity contribution in [1.29, 1.82) is 0 Å². The van der Waals surface area contributed by atoms with Crippen LogP contribution in [-0.4, -0.2) is 36.5 Å². The summed E-state index contributed by atoms with van der Waals surface area (Å²) >= 11 is 0. The van der Waals surface area contributed by atoms with Crippen LogP contribution in [0, 0.1) is 5.92 Å². The molecule has 1 aliphatic rings. The van der Waals surface area contributed by atoms with E-state index in [1.807, 2.05) is 49.1 Å². The van der Waals surface area contributed by atoms with Crippen molar-refractivity contribution in [3.63, 3.8) is 0 Å². The molecule has 0 aromatic heterocycles. The van der Waals surface area contributed by atoms with Gasteiger partial charge in [-0.3, -0.25) is 4.79 Å². The third kappa shape index (κ3) is 3.46. The standard InChI is InChI=1S/C18H28N2O/c1-5-19-16-11-12-20(13-14(16)2)17(21)18(3,4)15-9-7-6-8-10-15/h6-10,14,16,19H,5,11-13H2,1-4H3. The average Bonchev–Trinajstić information content (AvgIpc) is 2.49. The Morgan fingerprint density at radius 1 is 1.33 bits per heavy atom. The fourth-order valence-electron chi connectivity index (χ4n) is 3.27. The summed E-state index contributed by atoms with van der Waals surface area (Å²) in [6, 6.07) is 10.6. The Balaban J connectivity index is 2.07. The first kappa shape index (κ1) is 16.0. The Morgan fingerprint density at radius 2 is 2.00 bits per heavy atom. The summed E-state index contributed by atoms with van der Waals surface area (Å²) in [4.78, 5) is 15.0. The highest BCUT2D eigenvalue weighted by atomic mass is 16.2. The summed E-state index contributed by atoms with van der Waals surface area (Å²) in [6.45, 7) is 11.2. The fraction of sp³-hybridized carbons (Fsp3) is 0.611. The zero-order chi connectivity index (χ0) is 15.5. The summed E-state index contributed by atoms with van der Waals surface area (Å²) < 4.78 is 0. The minimum Gasteiger partial charge on any atom is -0.342 e. The maximum atomic E-state index is 12.9. The molecule has 2 atom stereocenters. The summed E-state index contributed by atoms with van der Waals surface area (Å²) in [5.41, 5.74) is 0.642. The van der Waals surface area contributed by atoms with Crippen molar-refractivity contribution in [3.8, 4) is 0 Å². The molecular weight excluding hydrogens is 260 g/mol. The van der Waals surface area contributed by atoms with Crippen LogP contribution in [-0.2, 0) is 10.2 Å². The topological polar surface area (TPSA) is 32.3 Å². The molecule has 3 nitrogen and oxygen atoms in total. The molecule has 1 saturated heterocycles. The molecule has 21 heavy (non-hydrogen) atoms. The Hall–Kier alpha value is -1.35. The molecule has 2 unspecified atom stereocenters. The summed E-state index contributed by atoms with van der Waals surface area (Å²) in [5.74, 6) is 0.754. The smallest absolute Gasteiger partial charge is 0.232 e. The van der Waals surface area contributed by atoms with Gasteiger partial charge in [0.05, 0.1) is 5.41 Å². The van der Waals surface area contributed by atoms with Gasteiger partial charge >= 0.3 is 0 Å². The van der Waals surface area contributed by atoms with E-state index in [1.54, 1.807) is 0 Å². The van der Waals surface area contributed by atoms with Crippen LogP contribution in [0.3, 0.4) is 0 Å². The van der Waals surface area contributed by atoms with Gasteiger partial charge in [-0.15, -0.1) is 0 Å². The van der Waals surface area contributed by atoms with E-state index in [0.717, 1.165) is 31.6 Å². The first-order valence-corrected chi connectivity index (χ1v) is 8.05. The van der Waals surface area contributed by atoms with Crippen LogP contribution in [0.15, 0.2) is 30.3 Å². The number of hydrogen-bond donors (Lipinski definition) is 1. The number of rotatable bonds is 4. The number of hydrogen-bond acceptors (Lipinski definition) is 2. The van der Waals surface area contributed by atoms with Gasteiger partial charge in [0.1, 0.15) is 0 Å². The van der Waals surface area contributed by atoms with Crippen molar-refractivity contribution < 1.29 is 4.79 Å². The van der Waals surface area contributed by atoms with Gasteiger partial charge in [0.15, 0.2) is 0 Å². The van der Waals surface area contributed by atoms with E-state index in [1.165, 1.54) is 0 Å². The fourth-order valence-corrected chi connectivity index (χ4v) is 3.27. The molecule has 1 aliphatic heterocycles. The average molecular weight is 288 g/mol. The van der Waals surface area contributed by atoms with Gasteiger partial charge in [-0.25, -0.2) is 0 Å². The van der Waals surface area contributed by atoms with Gasteiger partial charge in [0, 0.05) is 19.1 Å². The molecule has 0 saturated carbocycles. The number of carbonyl (C=O) groups is 1. The lowest BCUT2D eigenvalue weighted by Gasteiger charge is -2.40. The zero-order valence-corrected chi connectivity index (χ0v) is 13.7. The molecule has 1 aromatic rings. The van der Waals surface area contributed by atoms with Gasteiger partial charge in [-0.2, -0.15) is 0 Å². The second kappa shape index (κ2) is 6.61. The van der Waals surface area contributed by atoms with Crippen LogP contribution in [0.25, 0.3) is 0 Å². The first-order chi connectivity index (χ1) is 9.96. The molecule has 1 N–H and O–H groups in total. The van der Waals surface area contributed by atoms with Crippen LogP contribution in [0.1, 0.15) is 39.7 Å². The maximum absolute atomic E-state index is 12.9. The molecule has 0 spiro atoms. The second-order valence-electron chi connectivity index (χ2n) is 6.67. The number of nitrogens with one attached hydrogen (secondary N) is 1. The lowest BCUT2D eigenvalue weighted by atomic mass is 9.82. The van der Waals surface area contributed by atoms with Crippen LogP contribution in [0.4, 0.5) is 0 Å². The molecule has 0 aliphatic carbocycles. The number of amides is 1. The van der Waals surface area contributed by atoms with Crippen LogP contribution >= 0.6 is 0 Å². The van der Waals surface area contributed by atoms with Crippen molar-refractivity contribution in [1.82, 2.24) is 10.2 Å². The molecule has 0 radical (unpaired) electrons. The summed E-state index contributed by atoms with van der Waals surface area (Å²) in [6.07, 6.45) is 1.05. The maximum Gasteiger partial charge on any atom is 0.232 e. The Bertz CT molecular complexity index is 469. The first-order valence-electron chi connectivity index (χ1n) is 8.05. The van der Waals surface area contributed by atoms with Crippen molar-refractivity contribution in [3.05, 3.63) is 35.9 Å². The Morgan fingerprint density at radius 3 is 2.57 bits per heavy atom. The molecule has 116 valence electrons. The van der Waals surface area contributed by atoms with E-state index in [9.17, 15) is 4.79 Å². The van der Waals surface area contributed by atoms with E-state index < -0.39 is 5.41 Å². The third-order valence-electron chi connectivity index (χ3n) is 4.69. The van der Waals surface area contributed by atoms with Gasteiger partial charge in [-0.05, 0) is 38.3 Å². The van der Waals surface area contributed by atoms with Crippen LogP contribution in [0.2, 0.25) is 0 Å². The lowest BCUT2D eigenvalue weighted by molar-refractivity contribution is -0.138. The third-order valence-corrected chi connectivity index (χ3v) is 4.69. The lowest BCUT2D eigenvalue weighted by Crippen LogP contribution is -2.53. The molecule has 1 amide bonds. The Kier molecular flexibility index (Phi) is 5.04. The minimum atomic E-state index is -0.452. The van der Waals surface area contributed by atoms with E-state index in [4.69, 9.17) is 0 Å². The molecule has 1 aromatic carbocycles. The van der Waals surface area contributed by atoms with Crippen molar-refractivity contribution in [2.45, 2.75) is 45.6 Å². The van der Waals surface area contributed by atoms with E-state index in [2.05, 4.69) is 19.2 Å². The highest BCUT2D eigenvalue weighted by molar-refractivity contribution is 5.87. The molecule has 1 fully saturated rings. The van der Waals surface area contributed by atoms with Crippen molar-refractivity contribution in [2.75, 3.05) is 19.6 Å². The normalized spacial score (nSPS) is 23.1. The SMILES string of the molecule is CCNC1CCN(C(=O)C(C)(C)c2ccccc2)CC1C. The highest BCUT2D eigenvalue weighted by Gasteiger charge is 2.37. The van der Waals surface area contributed by atoms with E-state index >= 15 is 0 Å². The van der Waals surface area contributed by atoms with E-state index in [0.29, 0.717) is 12.0 Å². The minimum absolute atomic E-state index is 0.246. The van der Waals surface area contributed by atoms with Crippen LogP contribution < -0.4 is 5.32 Å². The van der Waals surface area contributed by atoms with E-state index in [-0.39, 0.29) is 5.91 Å². The summed E-state index contributed by atoms with van der Waals surface area (Å²) in [7, 11) is 0. The van der Waals surface area contributed by atoms with Gasteiger partial charge in [0.25, 0.3) is 0 Å². The largest absolute Gasteiger partial charge is 0.342 e. The van der Waals surface area contributed by atoms with Gasteiger partial charge < -0.3 is 10.2 Å². The van der Waals surface area contributed by atoms with Crippen molar-refractivity contribution in [2.24, 2.45) is 5.92 Å². The second-order valence-corrected chi connectivity index (χ2v) is 6.67. The van der Waals surface area contributed by atoms with Crippen molar-refractivity contribution >= 4 is 5.91 Å². The predicted octanol–water partition coefficient (Wildman–Crippen LogP) is 2.81. The number of likely N-dealkylation sites (tertiary alicyclic amines) is 1. The quantitative estimate of drug-likeness (QED) is 0.924. The summed E-state index contributed by atoms with van der Waals surface area (Å²) in [5, 5.41) is 3.53. The number of nitrogens with zero attached hydrogens (tertiary/aromatic N) is 1. The zero-order valence-electron chi connectivity index (χ0n) is 13.7. The van der Waals surface area contributed by atoms with Gasteiger partial charge in [-0.1, -0.05) is 44.2 Å². The molecule has 3 heteroatoms. The molecular formula is C18H28N2O. The monoisotopic (exact) mass is 288 g/mol. The number of piperidine rings is 1. The molecule has 1 heterocycles. The highest BCUT2D eigenvalue weighted by Crippen LogP contribution is 2.28.